The van der Waals surface area contributed by atoms with Crippen molar-refractivity contribution < 1.29 is 15.3 Å². The van der Waals surface area contributed by atoms with Gasteiger partial charge in [0.15, 0.2) is 0 Å². The molecular weight excluding hydrogens is 294 g/mol. The van der Waals surface area contributed by atoms with Crippen molar-refractivity contribution in [3.8, 4) is 11.4 Å². The Kier molecular flexibility index (Phi) is 4.59. The van der Waals surface area contributed by atoms with Gasteiger partial charge in [-0.25, -0.2) is 28.1 Å². The van der Waals surface area contributed by atoms with Crippen molar-refractivity contribution in [2.75, 3.05) is 13.2 Å². The largest absolute Gasteiger partial charge is 0.508 e. The lowest BCUT2D eigenvalue weighted by molar-refractivity contribution is 0.253. The van der Waals surface area contributed by atoms with Crippen LogP contribution in [-0.2, 0) is 13.1 Å². The SMILES string of the molecule is O=c1n(CCO)c(=O)n(-c2ccc(O)cc2)c(=O)n1CCO. The number of hydrogen-bond acceptors (Lipinski definition) is 6. The van der Waals surface area contributed by atoms with E-state index in [0.29, 0.717) is 9.13 Å². The molecule has 2 rings (SSSR count). The first kappa shape index (κ1) is 15.7. The highest BCUT2D eigenvalue weighted by Crippen LogP contribution is 2.10. The Balaban J connectivity index is 2.83. The van der Waals surface area contributed by atoms with Crippen LogP contribution in [0.25, 0.3) is 5.69 Å². The zero-order valence-corrected chi connectivity index (χ0v) is 11.5. The molecule has 0 fully saturated rings. The average Bonchev–Trinajstić information content (AvgIpc) is 2.50. The fourth-order valence-electron chi connectivity index (χ4n) is 2.04. The first-order chi connectivity index (χ1) is 10.5. The average molecular weight is 309 g/mol. The maximum absolute atomic E-state index is 12.3. The molecule has 0 saturated carbocycles. The maximum Gasteiger partial charge on any atom is 0.341 e. The summed E-state index contributed by atoms with van der Waals surface area (Å²) in [5.41, 5.74) is -2.54. The highest BCUT2D eigenvalue weighted by Gasteiger charge is 2.16. The molecule has 9 heteroatoms. The molecule has 3 N–H and O–H groups in total. The van der Waals surface area contributed by atoms with E-state index in [1.54, 1.807) is 0 Å². The molecule has 1 aromatic heterocycles. The molecule has 0 radical (unpaired) electrons. The predicted octanol–water partition coefficient (Wildman–Crippen LogP) is -2.15. The van der Waals surface area contributed by atoms with Gasteiger partial charge >= 0.3 is 17.1 Å². The van der Waals surface area contributed by atoms with Crippen molar-refractivity contribution in [3.05, 3.63) is 55.7 Å². The molecule has 0 saturated heterocycles. The normalized spacial score (nSPS) is 10.8. The Labute approximate surface area is 123 Å². The Morgan fingerprint density at radius 3 is 1.64 bits per heavy atom. The molecule has 22 heavy (non-hydrogen) atoms. The third kappa shape index (κ3) is 2.71. The fraction of sp³-hybridized carbons (Fsp3) is 0.308. The lowest BCUT2D eigenvalue weighted by atomic mass is 10.3. The van der Waals surface area contributed by atoms with Crippen LogP contribution in [0.15, 0.2) is 38.6 Å². The summed E-state index contributed by atoms with van der Waals surface area (Å²) in [5, 5.41) is 27.2. The molecule has 0 aliphatic rings. The number of hydrogen-bond donors (Lipinski definition) is 3. The molecule has 0 amide bonds. The van der Waals surface area contributed by atoms with Crippen molar-refractivity contribution in [2.24, 2.45) is 0 Å². The van der Waals surface area contributed by atoms with Gasteiger partial charge in [-0.05, 0) is 24.3 Å². The van der Waals surface area contributed by atoms with Crippen molar-refractivity contribution in [1.82, 2.24) is 13.7 Å². The van der Waals surface area contributed by atoms with Crippen LogP contribution in [0.3, 0.4) is 0 Å². The molecule has 0 unspecified atom stereocenters. The van der Waals surface area contributed by atoms with Gasteiger partial charge in [-0.3, -0.25) is 0 Å². The van der Waals surface area contributed by atoms with E-state index in [9.17, 15) is 19.5 Å². The summed E-state index contributed by atoms with van der Waals surface area (Å²) >= 11 is 0. The van der Waals surface area contributed by atoms with Crippen molar-refractivity contribution in [2.45, 2.75) is 13.1 Å². The Morgan fingerprint density at radius 2 is 1.23 bits per heavy atom. The van der Waals surface area contributed by atoms with Crippen molar-refractivity contribution in [3.63, 3.8) is 0 Å². The first-order valence-electron chi connectivity index (χ1n) is 6.49. The fourth-order valence-corrected chi connectivity index (χ4v) is 2.04. The van der Waals surface area contributed by atoms with E-state index in [0.717, 1.165) is 4.57 Å². The Hall–Kier alpha value is -2.65. The zero-order chi connectivity index (χ0) is 16.3. The van der Waals surface area contributed by atoms with E-state index in [-0.39, 0.29) is 24.5 Å². The zero-order valence-electron chi connectivity index (χ0n) is 11.5. The standard InChI is InChI=1S/C13H15N3O6/c17-7-5-14-11(20)15(6-8-18)13(22)16(12(14)21)9-1-3-10(19)4-2-9/h1-4,17-19H,5-8H2. The van der Waals surface area contributed by atoms with Gasteiger partial charge in [-0.15, -0.1) is 0 Å². The second kappa shape index (κ2) is 6.41. The Morgan fingerprint density at radius 1 is 0.773 bits per heavy atom. The lowest BCUT2D eigenvalue weighted by Gasteiger charge is -2.12. The Bertz CT molecular complexity index is 787. The first-order valence-corrected chi connectivity index (χ1v) is 6.49. The van der Waals surface area contributed by atoms with E-state index in [2.05, 4.69) is 0 Å². The molecule has 0 bridgehead atoms. The minimum absolute atomic E-state index is 0.0452. The monoisotopic (exact) mass is 309 g/mol. The van der Waals surface area contributed by atoms with Gasteiger partial charge < -0.3 is 15.3 Å². The van der Waals surface area contributed by atoms with Gasteiger partial charge in [0.25, 0.3) is 0 Å². The van der Waals surface area contributed by atoms with Crippen LogP contribution < -0.4 is 17.1 Å². The summed E-state index contributed by atoms with van der Waals surface area (Å²) in [4.78, 5) is 36.7. The van der Waals surface area contributed by atoms with Gasteiger partial charge in [0.05, 0.1) is 32.0 Å². The van der Waals surface area contributed by atoms with Gasteiger partial charge in [0.1, 0.15) is 5.75 Å². The third-order valence-electron chi connectivity index (χ3n) is 3.06. The summed E-state index contributed by atoms with van der Waals surface area (Å²) in [6, 6.07) is 5.27. The van der Waals surface area contributed by atoms with E-state index >= 15 is 0 Å². The van der Waals surface area contributed by atoms with Gasteiger partial charge in [-0.2, -0.15) is 0 Å². The number of aliphatic hydroxyl groups excluding tert-OH is 2. The smallest absolute Gasteiger partial charge is 0.341 e. The molecule has 0 atom stereocenters. The van der Waals surface area contributed by atoms with Crippen LogP contribution in [0.1, 0.15) is 0 Å². The minimum atomic E-state index is -0.899. The van der Waals surface area contributed by atoms with E-state index in [1.165, 1.54) is 24.3 Å². The molecule has 0 spiro atoms. The molecule has 1 heterocycles. The lowest BCUT2D eigenvalue weighted by Crippen LogP contribution is -2.54. The third-order valence-corrected chi connectivity index (χ3v) is 3.06. The minimum Gasteiger partial charge on any atom is -0.508 e. The van der Waals surface area contributed by atoms with E-state index in [4.69, 9.17) is 10.2 Å². The second-order valence-electron chi connectivity index (χ2n) is 4.45. The summed E-state index contributed by atoms with van der Waals surface area (Å²) in [5.74, 6) is -0.0452. The molecule has 0 aliphatic heterocycles. The van der Waals surface area contributed by atoms with Crippen LogP contribution >= 0.6 is 0 Å². The quantitative estimate of drug-likeness (QED) is 0.578. The topological polar surface area (TPSA) is 127 Å². The summed E-state index contributed by atoms with van der Waals surface area (Å²) in [7, 11) is 0. The molecule has 0 aliphatic carbocycles. The van der Waals surface area contributed by atoms with Gasteiger partial charge in [0, 0.05) is 0 Å². The number of rotatable bonds is 5. The van der Waals surface area contributed by atoms with Crippen LogP contribution in [0.4, 0.5) is 0 Å². The van der Waals surface area contributed by atoms with Crippen molar-refractivity contribution >= 4 is 0 Å². The molecule has 9 nitrogen and oxygen atoms in total. The number of benzene rings is 1. The van der Waals surface area contributed by atoms with Crippen LogP contribution in [0.5, 0.6) is 5.75 Å². The number of aromatic hydroxyl groups is 1. The van der Waals surface area contributed by atoms with Gasteiger partial charge in [0.2, 0.25) is 0 Å². The molecule has 2 aromatic rings. The summed E-state index contributed by atoms with van der Waals surface area (Å²) < 4.78 is 2.17. The number of phenols is 1. The number of phenolic OH excluding ortho intramolecular Hbond substituents is 1. The maximum atomic E-state index is 12.3. The highest BCUT2D eigenvalue weighted by atomic mass is 16.3. The van der Waals surface area contributed by atoms with Gasteiger partial charge in [-0.1, -0.05) is 0 Å². The number of aromatic nitrogens is 3. The predicted molar refractivity (Wildman–Crippen MR) is 76.4 cm³/mol. The number of aliphatic hydroxyl groups is 2. The molecular formula is C13H15N3O6. The molecule has 1 aromatic carbocycles. The highest BCUT2D eigenvalue weighted by molar-refractivity contribution is 5.36. The summed E-state index contributed by atoms with van der Waals surface area (Å²) in [6.07, 6.45) is 0. The second-order valence-corrected chi connectivity index (χ2v) is 4.45. The van der Waals surface area contributed by atoms with Crippen LogP contribution in [-0.4, -0.2) is 42.2 Å². The van der Waals surface area contributed by atoms with Crippen molar-refractivity contribution in [1.29, 1.82) is 0 Å². The van der Waals surface area contributed by atoms with E-state index < -0.39 is 30.3 Å². The van der Waals surface area contributed by atoms with Crippen LogP contribution in [0, 0.1) is 0 Å². The summed E-state index contributed by atoms with van der Waals surface area (Å²) in [6.45, 7) is -1.47. The number of nitrogens with zero attached hydrogens (tertiary/aromatic N) is 3. The molecule has 118 valence electrons. The van der Waals surface area contributed by atoms with E-state index in [1.807, 2.05) is 0 Å². The van der Waals surface area contributed by atoms with Crippen LogP contribution in [0.2, 0.25) is 0 Å².